The van der Waals surface area contributed by atoms with Gasteiger partial charge >= 0.3 is 0 Å². The van der Waals surface area contributed by atoms with E-state index < -0.39 is 0 Å². The van der Waals surface area contributed by atoms with Gasteiger partial charge in [-0.3, -0.25) is 4.57 Å². The van der Waals surface area contributed by atoms with Crippen LogP contribution in [0.2, 0.25) is 0 Å². The number of fused-ring (bicyclic) bond motifs is 6. The summed E-state index contributed by atoms with van der Waals surface area (Å²) in [6, 6.07) is 59.1. The summed E-state index contributed by atoms with van der Waals surface area (Å²) in [6.45, 7) is 0. The third-order valence-corrected chi connectivity index (χ3v) is 9.69. The van der Waals surface area contributed by atoms with Crippen LogP contribution in [0, 0.1) is 0 Å². The predicted octanol–water partition coefficient (Wildman–Crippen LogP) is 11.0. The van der Waals surface area contributed by atoms with Crippen LogP contribution < -0.4 is 5.32 Å². The van der Waals surface area contributed by atoms with Gasteiger partial charge in [-0.15, -0.1) is 0 Å². The molecule has 5 heteroatoms. The minimum Gasteiger partial charge on any atom is -0.456 e. The molecular weight excluding hydrogens is 613 g/mol. The number of aromatic nitrogens is 1. The first-order chi connectivity index (χ1) is 24.8. The summed E-state index contributed by atoms with van der Waals surface area (Å²) in [5, 5.41) is 8.11. The summed E-state index contributed by atoms with van der Waals surface area (Å²) in [7, 11) is 0. The number of hydrogen-bond donors (Lipinski definition) is 1. The van der Waals surface area contributed by atoms with Crippen molar-refractivity contribution in [3.63, 3.8) is 0 Å². The van der Waals surface area contributed by atoms with Crippen molar-refractivity contribution in [2.24, 2.45) is 9.98 Å². The van der Waals surface area contributed by atoms with Crippen LogP contribution in [0.4, 0.5) is 0 Å². The molecule has 0 saturated heterocycles. The Hall–Kier alpha value is -6.72. The van der Waals surface area contributed by atoms with Gasteiger partial charge in [0.15, 0.2) is 0 Å². The van der Waals surface area contributed by atoms with Gasteiger partial charge in [-0.05, 0) is 58.1 Å². The maximum absolute atomic E-state index is 6.51. The van der Waals surface area contributed by atoms with Crippen molar-refractivity contribution in [1.82, 2.24) is 9.88 Å². The van der Waals surface area contributed by atoms with Crippen molar-refractivity contribution in [3.8, 4) is 22.3 Å². The Kier molecular flexibility index (Phi) is 6.49. The summed E-state index contributed by atoms with van der Waals surface area (Å²) in [6.07, 6.45) is -0.356. The van der Waals surface area contributed by atoms with E-state index in [9.17, 15) is 0 Å². The number of rotatable bonds is 4. The van der Waals surface area contributed by atoms with Crippen LogP contribution in [-0.2, 0) is 0 Å². The summed E-state index contributed by atoms with van der Waals surface area (Å²) < 4.78 is 8.72. The van der Waals surface area contributed by atoms with Crippen molar-refractivity contribution in [3.05, 3.63) is 181 Å². The van der Waals surface area contributed by atoms with Crippen molar-refractivity contribution in [2.75, 3.05) is 0 Å². The highest BCUT2D eigenvalue weighted by Gasteiger charge is 2.26. The molecule has 1 aliphatic heterocycles. The van der Waals surface area contributed by atoms with E-state index >= 15 is 0 Å². The molecule has 10 rings (SSSR count). The van der Waals surface area contributed by atoms with Crippen LogP contribution in [0.1, 0.15) is 17.3 Å². The van der Waals surface area contributed by atoms with Crippen LogP contribution in [0.25, 0.3) is 66.0 Å². The highest BCUT2D eigenvalue weighted by molar-refractivity contribution is 6.23. The van der Waals surface area contributed by atoms with E-state index in [0.717, 1.165) is 66.4 Å². The zero-order valence-electron chi connectivity index (χ0n) is 27.0. The molecule has 2 aromatic heterocycles. The van der Waals surface area contributed by atoms with Crippen LogP contribution in [0.5, 0.6) is 0 Å². The van der Waals surface area contributed by atoms with Gasteiger partial charge in [-0.25, -0.2) is 4.99 Å². The highest BCUT2D eigenvalue weighted by Crippen LogP contribution is 2.39. The second kappa shape index (κ2) is 11.5. The molecule has 1 unspecified atom stereocenters. The summed E-state index contributed by atoms with van der Waals surface area (Å²) in [4.78, 5) is 10.7. The zero-order chi connectivity index (χ0) is 33.0. The lowest BCUT2D eigenvalue weighted by atomic mass is 9.99. The van der Waals surface area contributed by atoms with E-state index in [1.807, 2.05) is 24.3 Å². The van der Waals surface area contributed by atoms with Gasteiger partial charge in [0.2, 0.25) is 5.96 Å². The number of benzene rings is 7. The Bertz CT molecular complexity index is 2780. The molecule has 1 atom stereocenters. The Morgan fingerprint density at radius 1 is 0.500 bits per heavy atom. The van der Waals surface area contributed by atoms with Crippen LogP contribution in [-0.4, -0.2) is 16.4 Å². The topological polar surface area (TPSA) is 54.8 Å². The van der Waals surface area contributed by atoms with Crippen molar-refractivity contribution < 1.29 is 4.42 Å². The normalized spacial score (nSPS) is 14.6. The summed E-state index contributed by atoms with van der Waals surface area (Å²) >= 11 is 0. The average molecular weight is 643 g/mol. The first-order valence-electron chi connectivity index (χ1n) is 16.9. The smallest absolute Gasteiger partial charge is 0.234 e. The molecule has 9 aromatic rings. The largest absolute Gasteiger partial charge is 0.456 e. The maximum Gasteiger partial charge on any atom is 0.234 e. The zero-order valence-corrected chi connectivity index (χ0v) is 27.0. The van der Waals surface area contributed by atoms with Gasteiger partial charge in [-0.2, -0.15) is 4.99 Å². The van der Waals surface area contributed by atoms with Crippen LogP contribution in [0.15, 0.2) is 184 Å². The standard InChI is InChI=1S/C45H30N4O/c1-4-14-29(15-5-1)32-26-27-35-40(28-32)50-39-25-13-22-36(42(35)39)44-46-43(31-18-8-3-9-19-31)47-45(48-44)49-37-23-11-10-20-34(37)41-33(21-12-24-38(41)49)30-16-6-2-7-17-30/h1-28,43H,(H,46,47,48). The van der Waals surface area contributed by atoms with Crippen molar-refractivity contribution in [2.45, 2.75) is 6.17 Å². The summed E-state index contributed by atoms with van der Waals surface area (Å²) in [5.41, 5.74) is 10.4. The van der Waals surface area contributed by atoms with Gasteiger partial charge in [-0.1, -0.05) is 140 Å². The molecule has 236 valence electrons. The number of nitrogens with one attached hydrogen (secondary N) is 1. The second-order valence-corrected chi connectivity index (χ2v) is 12.6. The monoisotopic (exact) mass is 642 g/mol. The molecule has 0 aliphatic carbocycles. The minimum absolute atomic E-state index is 0.356. The Morgan fingerprint density at radius 2 is 1.18 bits per heavy atom. The van der Waals surface area contributed by atoms with E-state index in [0.29, 0.717) is 5.96 Å². The lowest BCUT2D eigenvalue weighted by molar-refractivity contribution is 0.666. The lowest BCUT2D eigenvalue weighted by Gasteiger charge is -2.24. The third-order valence-electron chi connectivity index (χ3n) is 9.69. The predicted molar refractivity (Wildman–Crippen MR) is 206 cm³/mol. The third kappa shape index (κ3) is 4.55. The number of furan rings is 1. The fourth-order valence-corrected chi connectivity index (χ4v) is 7.40. The van der Waals surface area contributed by atoms with Gasteiger partial charge in [0.05, 0.1) is 11.0 Å². The number of para-hydroxylation sites is 1. The Labute approximate surface area is 288 Å². The van der Waals surface area contributed by atoms with E-state index in [1.54, 1.807) is 0 Å². The van der Waals surface area contributed by atoms with Gasteiger partial charge in [0, 0.05) is 27.1 Å². The molecule has 0 amide bonds. The number of nitrogens with zero attached hydrogens (tertiary/aromatic N) is 3. The van der Waals surface area contributed by atoms with E-state index in [4.69, 9.17) is 14.4 Å². The van der Waals surface area contributed by atoms with E-state index in [2.05, 4.69) is 155 Å². The van der Waals surface area contributed by atoms with Gasteiger partial charge in [0.1, 0.15) is 23.2 Å². The van der Waals surface area contributed by atoms with Crippen LogP contribution in [0.3, 0.4) is 0 Å². The molecular formula is C45H30N4O. The highest BCUT2D eigenvalue weighted by atomic mass is 16.3. The van der Waals surface area contributed by atoms with E-state index in [1.165, 1.54) is 16.5 Å². The molecule has 0 bridgehead atoms. The Balaban J connectivity index is 1.20. The van der Waals surface area contributed by atoms with Crippen LogP contribution >= 0.6 is 0 Å². The second-order valence-electron chi connectivity index (χ2n) is 12.6. The number of hydrogen-bond acceptors (Lipinski definition) is 4. The summed E-state index contributed by atoms with van der Waals surface area (Å²) in [5.74, 6) is 1.37. The van der Waals surface area contributed by atoms with Gasteiger partial charge < -0.3 is 9.73 Å². The van der Waals surface area contributed by atoms with Crippen molar-refractivity contribution in [1.29, 1.82) is 0 Å². The van der Waals surface area contributed by atoms with Gasteiger partial charge in [0.25, 0.3) is 0 Å². The average Bonchev–Trinajstić information content (AvgIpc) is 3.74. The molecule has 0 saturated carbocycles. The molecule has 7 aromatic carbocycles. The van der Waals surface area contributed by atoms with Crippen molar-refractivity contribution >= 4 is 55.5 Å². The molecule has 0 radical (unpaired) electrons. The minimum atomic E-state index is -0.356. The number of aliphatic imine (C=N–C) groups is 2. The molecule has 1 N–H and O–H groups in total. The maximum atomic E-state index is 6.51. The Morgan fingerprint density at radius 3 is 2.00 bits per heavy atom. The lowest BCUT2D eigenvalue weighted by Crippen LogP contribution is -2.35. The first kappa shape index (κ1) is 28.3. The molecule has 50 heavy (non-hydrogen) atoms. The fraction of sp³-hybridized carbons (Fsp3) is 0.0222. The molecule has 1 aliphatic rings. The quantitative estimate of drug-likeness (QED) is 0.208. The first-order valence-corrected chi connectivity index (χ1v) is 16.9. The SMILES string of the molecule is c1ccc(-c2ccc3c(c2)oc2cccc(C4=NC(n5c6ccccc6c6c(-c7ccccc7)cccc65)=NC(c5ccccc5)N4)c23)cc1. The molecule has 3 heterocycles. The molecule has 5 nitrogen and oxygen atoms in total. The van der Waals surface area contributed by atoms with E-state index in [-0.39, 0.29) is 6.17 Å². The number of amidine groups is 1. The molecule has 0 fully saturated rings. The molecule has 0 spiro atoms. The fourth-order valence-electron chi connectivity index (χ4n) is 7.40.